The fourth-order valence-electron chi connectivity index (χ4n) is 2.78. The molecule has 10 heteroatoms. The molecule has 0 unspecified atom stereocenters. The Hall–Kier alpha value is -3.46. The number of nitro benzene ring substituents is 1. The molecule has 0 spiro atoms. The van der Waals surface area contributed by atoms with Gasteiger partial charge in [-0.05, 0) is 36.4 Å². The standard InChI is InChI=1S/C18H15ClN4O5/c19-13-3-1-11(2-4-13)17(25)20-21-18(26)12-9-16(24)22(10-12)14-5-7-15(8-6-14)23(27)28/h1-8,12H,9-10H2,(H,20,25)(H,21,26)/t12-/m0/s1. The minimum atomic E-state index is -0.659. The molecule has 1 aliphatic rings. The lowest BCUT2D eigenvalue weighted by Gasteiger charge is -2.16. The lowest BCUT2D eigenvalue weighted by atomic mass is 10.1. The van der Waals surface area contributed by atoms with Gasteiger partial charge in [0.25, 0.3) is 11.6 Å². The van der Waals surface area contributed by atoms with Crippen LogP contribution in [-0.2, 0) is 9.59 Å². The number of amides is 3. The number of nitrogens with one attached hydrogen (secondary N) is 2. The predicted molar refractivity (Wildman–Crippen MR) is 101 cm³/mol. The van der Waals surface area contributed by atoms with Gasteiger partial charge in [-0.15, -0.1) is 0 Å². The number of carbonyl (C=O) groups is 3. The average Bonchev–Trinajstić information content (AvgIpc) is 3.08. The Balaban J connectivity index is 1.58. The molecule has 0 aliphatic carbocycles. The first-order chi connectivity index (χ1) is 13.3. The van der Waals surface area contributed by atoms with E-state index in [4.69, 9.17) is 11.6 Å². The van der Waals surface area contributed by atoms with Crippen molar-refractivity contribution in [2.24, 2.45) is 5.92 Å². The Morgan fingerprint density at radius 2 is 1.71 bits per heavy atom. The van der Waals surface area contributed by atoms with Crippen LogP contribution < -0.4 is 15.8 Å². The van der Waals surface area contributed by atoms with Crippen LogP contribution in [0.15, 0.2) is 48.5 Å². The maximum Gasteiger partial charge on any atom is 0.269 e. The van der Waals surface area contributed by atoms with Gasteiger partial charge in [-0.2, -0.15) is 0 Å². The molecule has 3 amide bonds. The number of hydrogen-bond donors (Lipinski definition) is 2. The highest BCUT2D eigenvalue weighted by atomic mass is 35.5. The minimum Gasteiger partial charge on any atom is -0.312 e. The number of anilines is 1. The van der Waals surface area contributed by atoms with Gasteiger partial charge in [0.1, 0.15) is 0 Å². The van der Waals surface area contributed by atoms with Crippen molar-refractivity contribution in [1.29, 1.82) is 0 Å². The summed E-state index contributed by atoms with van der Waals surface area (Å²) in [6.45, 7) is 0.110. The molecule has 1 aliphatic heterocycles. The van der Waals surface area contributed by atoms with Crippen molar-refractivity contribution < 1.29 is 19.3 Å². The second kappa shape index (κ2) is 8.05. The van der Waals surface area contributed by atoms with Crippen LogP contribution in [0.3, 0.4) is 0 Å². The van der Waals surface area contributed by atoms with Crippen LogP contribution in [0.5, 0.6) is 0 Å². The van der Waals surface area contributed by atoms with Crippen LogP contribution in [0, 0.1) is 16.0 Å². The summed E-state index contributed by atoms with van der Waals surface area (Å²) >= 11 is 5.76. The number of benzene rings is 2. The maximum atomic E-state index is 12.3. The number of hydrazine groups is 1. The first kappa shape index (κ1) is 19.3. The van der Waals surface area contributed by atoms with E-state index in [-0.39, 0.29) is 24.6 Å². The van der Waals surface area contributed by atoms with E-state index in [0.717, 1.165) is 0 Å². The van der Waals surface area contributed by atoms with E-state index < -0.39 is 22.7 Å². The molecule has 9 nitrogen and oxygen atoms in total. The Bertz CT molecular complexity index is 930. The third kappa shape index (κ3) is 4.26. The van der Waals surface area contributed by atoms with E-state index in [0.29, 0.717) is 16.3 Å². The van der Waals surface area contributed by atoms with E-state index in [1.54, 1.807) is 12.1 Å². The molecule has 3 rings (SSSR count). The van der Waals surface area contributed by atoms with E-state index in [1.807, 2.05) is 0 Å². The van der Waals surface area contributed by atoms with Gasteiger partial charge < -0.3 is 4.90 Å². The first-order valence-corrected chi connectivity index (χ1v) is 8.63. The monoisotopic (exact) mass is 402 g/mol. The van der Waals surface area contributed by atoms with Crippen molar-refractivity contribution in [3.63, 3.8) is 0 Å². The lowest BCUT2D eigenvalue weighted by Crippen LogP contribution is -2.45. The quantitative estimate of drug-likeness (QED) is 0.598. The molecule has 1 saturated heterocycles. The highest BCUT2D eigenvalue weighted by molar-refractivity contribution is 6.30. The molecule has 2 N–H and O–H groups in total. The topological polar surface area (TPSA) is 122 Å². The van der Waals surface area contributed by atoms with E-state index in [1.165, 1.54) is 41.3 Å². The first-order valence-electron chi connectivity index (χ1n) is 8.26. The smallest absolute Gasteiger partial charge is 0.269 e. The Morgan fingerprint density at radius 3 is 2.32 bits per heavy atom. The van der Waals surface area contributed by atoms with Gasteiger partial charge in [-0.25, -0.2) is 0 Å². The van der Waals surface area contributed by atoms with Gasteiger partial charge in [0.05, 0.1) is 10.8 Å². The number of carbonyl (C=O) groups excluding carboxylic acids is 3. The number of non-ortho nitro benzene ring substituents is 1. The maximum absolute atomic E-state index is 12.3. The van der Waals surface area contributed by atoms with Crippen LogP contribution in [0.4, 0.5) is 11.4 Å². The van der Waals surface area contributed by atoms with Crippen LogP contribution in [0.25, 0.3) is 0 Å². The SMILES string of the molecule is O=C(NNC(=O)[C@H]1CC(=O)N(c2ccc([N+](=O)[O-])cc2)C1)c1ccc(Cl)cc1. The van der Waals surface area contributed by atoms with Gasteiger partial charge in [-0.3, -0.25) is 35.3 Å². The summed E-state index contributed by atoms with van der Waals surface area (Å²) < 4.78 is 0. The Labute approximate surface area is 164 Å². The third-order valence-corrected chi connectivity index (χ3v) is 4.53. The van der Waals surface area contributed by atoms with Crippen molar-refractivity contribution in [2.75, 3.05) is 11.4 Å². The fourth-order valence-corrected chi connectivity index (χ4v) is 2.91. The Morgan fingerprint density at radius 1 is 1.07 bits per heavy atom. The molecule has 28 heavy (non-hydrogen) atoms. The second-order valence-electron chi connectivity index (χ2n) is 6.13. The summed E-state index contributed by atoms with van der Waals surface area (Å²) in [6, 6.07) is 11.6. The number of nitro groups is 1. The number of halogens is 1. The zero-order valence-electron chi connectivity index (χ0n) is 14.4. The fraction of sp³-hybridized carbons (Fsp3) is 0.167. The molecule has 144 valence electrons. The molecule has 2 aromatic rings. The molecule has 1 heterocycles. The predicted octanol–water partition coefficient (Wildman–Crippen LogP) is 2.06. The second-order valence-corrected chi connectivity index (χ2v) is 6.57. The van der Waals surface area contributed by atoms with Crippen molar-refractivity contribution in [2.45, 2.75) is 6.42 Å². The number of nitrogens with zero attached hydrogens (tertiary/aromatic N) is 2. The van der Waals surface area contributed by atoms with Gasteiger partial charge in [0.15, 0.2) is 0 Å². The van der Waals surface area contributed by atoms with Gasteiger partial charge in [0.2, 0.25) is 11.8 Å². The largest absolute Gasteiger partial charge is 0.312 e. The van der Waals surface area contributed by atoms with Crippen LogP contribution in [0.2, 0.25) is 5.02 Å². The van der Waals surface area contributed by atoms with Gasteiger partial charge in [0, 0.05) is 41.4 Å². The van der Waals surface area contributed by atoms with E-state index >= 15 is 0 Å². The van der Waals surface area contributed by atoms with Gasteiger partial charge in [-0.1, -0.05) is 11.6 Å². The normalized spacial score (nSPS) is 16.0. The summed E-state index contributed by atoms with van der Waals surface area (Å²) in [5, 5.41) is 11.2. The van der Waals surface area contributed by atoms with Gasteiger partial charge >= 0.3 is 0 Å². The van der Waals surface area contributed by atoms with Crippen LogP contribution >= 0.6 is 11.6 Å². The summed E-state index contributed by atoms with van der Waals surface area (Å²) in [6.07, 6.45) is -0.0281. The molecule has 0 bridgehead atoms. The van der Waals surface area contributed by atoms with E-state index in [9.17, 15) is 24.5 Å². The molecular formula is C18H15ClN4O5. The number of rotatable bonds is 4. The molecular weight excluding hydrogens is 388 g/mol. The Kier molecular flexibility index (Phi) is 5.55. The highest BCUT2D eigenvalue weighted by Crippen LogP contribution is 2.26. The zero-order valence-corrected chi connectivity index (χ0v) is 15.2. The zero-order chi connectivity index (χ0) is 20.3. The lowest BCUT2D eigenvalue weighted by molar-refractivity contribution is -0.384. The molecule has 0 saturated carbocycles. The highest BCUT2D eigenvalue weighted by Gasteiger charge is 2.35. The van der Waals surface area contributed by atoms with Crippen molar-refractivity contribution in [1.82, 2.24) is 10.9 Å². The molecule has 0 aromatic heterocycles. The van der Waals surface area contributed by atoms with Crippen molar-refractivity contribution in [3.8, 4) is 0 Å². The summed E-state index contributed by atoms with van der Waals surface area (Å²) in [4.78, 5) is 48.1. The van der Waals surface area contributed by atoms with Crippen molar-refractivity contribution >= 4 is 40.7 Å². The van der Waals surface area contributed by atoms with Crippen LogP contribution in [0.1, 0.15) is 16.8 Å². The molecule has 1 atom stereocenters. The summed E-state index contributed by atoms with van der Waals surface area (Å²) in [7, 11) is 0. The molecule has 2 aromatic carbocycles. The average molecular weight is 403 g/mol. The molecule has 1 fully saturated rings. The van der Waals surface area contributed by atoms with Crippen LogP contribution in [-0.4, -0.2) is 29.2 Å². The summed E-state index contributed by atoms with van der Waals surface area (Å²) in [5.74, 6) is -1.95. The minimum absolute atomic E-state index is 0.0281. The summed E-state index contributed by atoms with van der Waals surface area (Å²) in [5.41, 5.74) is 5.31. The number of hydrogen-bond acceptors (Lipinski definition) is 5. The van der Waals surface area contributed by atoms with E-state index in [2.05, 4.69) is 10.9 Å². The molecule has 0 radical (unpaired) electrons. The van der Waals surface area contributed by atoms with Crippen molar-refractivity contribution in [3.05, 3.63) is 69.2 Å². The third-order valence-electron chi connectivity index (χ3n) is 4.27.